The summed E-state index contributed by atoms with van der Waals surface area (Å²) in [6.45, 7) is 1.22. The number of nitrogens with one attached hydrogen (secondary N) is 1. The average molecular weight is 387 g/mol. The number of anilines is 2. The third-order valence-electron chi connectivity index (χ3n) is 4.96. The van der Waals surface area contributed by atoms with Crippen LogP contribution in [0.2, 0.25) is 0 Å². The minimum Gasteiger partial charge on any atom is -0.383 e. The molecule has 0 fully saturated rings. The van der Waals surface area contributed by atoms with E-state index in [1.54, 1.807) is 24.7 Å². The van der Waals surface area contributed by atoms with Crippen LogP contribution in [0.3, 0.4) is 0 Å². The molecule has 2 N–H and O–H groups in total. The van der Waals surface area contributed by atoms with Crippen molar-refractivity contribution >= 4 is 29.2 Å². The van der Waals surface area contributed by atoms with Crippen molar-refractivity contribution in [3.8, 4) is 11.1 Å². The molecule has 1 aliphatic heterocycles. The predicted octanol–water partition coefficient (Wildman–Crippen LogP) is 4.32. The second-order valence-electron chi connectivity index (χ2n) is 6.62. The van der Waals surface area contributed by atoms with Crippen LogP contribution in [0.5, 0.6) is 0 Å². The zero-order chi connectivity index (χ0) is 20.2. The van der Waals surface area contributed by atoms with Crippen molar-refractivity contribution in [1.29, 1.82) is 0 Å². The Morgan fingerprint density at radius 3 is 2.55 bits per heavy atom. The van der Waals surface area contributed by atoms with Gasteiger partial charge in [-0.3, -0.25) is 15.0 Å². The molecule has 1 amide bonds. The summed E-state index contributed by atoms with van der Waals surface area (Å²) in [7, 11) is 1.68. The largest absolute Gasteiger partial charge is 0.383 e. The van der Waals surface area contributed by atoms with Gasteiger partial charge in [-0.1, -0.05) is 42.5 Å². The Balaban J connectivity index is 1.93. The van der Waals surface area contributed by atoms with Gasteiger partial charge in [-0.25, -0.2) is 5.48 Å². The third kappa shape index (κ3) is 3.51. The molecule has 0 spiro atoms. The highest BCUT2D eigenvalue weighted by molar-refractivity contribution is 6.06. The lowest BCUT2D eigenvalue weighted by Crippen LogP contribution is -2.23. The first kappa shape index (κ1) is 18.9. The van der Waals surface area contributed by atoms with Gasteiger partial charge >= 0.3 is 0 Å². The fourth-order valence-electron chi connectivity index (χ4n) is 3.62. The number of hydroxylamine groups is 1. The zero-order valence-corrected chi connectivity index (χ0v) is 16.0. The first-order chi connectivity index (χ1) is 14.2. The monoisotopic (exact) mass is 387 g/mol. The number of hydrogen-bond donors (Lipinski definition) is 2. The maximum absolute atomic E-state index is 12.2. The van der Waals surface area contributed by atoms with Gasteiger partial charge in [0, 0.05) is 31.0 Å². The van der Waals surface area contributed by atoms with E-state index in [0.717, 1.165) is 33.8 Å². The normalized spacial score (nSPS) is 12.1. The van der Waals surface area contributed by atoms with Gasteiger partial charge < -0.3 is 9.64 Å². The van der Waals surface area contributed by atoms with E-state index < -0.39 is 5.91 Å². The van der Waals surface area contributed by atoms with Gasteiger partial charge in [-0.2, -0.15) is 0 Å². The maximum atomic E-state index is 12.2. The van der Waals surface area contributed by atoms with E-state index >= 15 is 0 Å². The average Bonchev–Trinajstić information content (AvgIpc) is 2.94. The van der Waals surface area contributed by atoms with Crippen molar-refractivity contribution in [3.05, 3.63) is 77.9 Å². The summed E-state index contributed by atoms with van der Waals surface area (Å²) in [5.74, 6) is -0.553. The molecule has 0 unspecified atom stereocenters. The van der Waals surface area contributed by atoms with Crippen LogP contribution in [0.15, 0.2) is 71.7 Å². The van der Waals surface area contributed by atoms with Gasteiger partial charge in [0.2, 0.25) is 0 Å². The van der Waals surface area contributed by atoms with Crippen molar-refractivity contribution < 1.29 is 14.7 Å². The van der Waals surface area contributed by atoms with Gasteiger partial charge in [-0.15, -0.1) is 0 Å². The number of hydrogen-bond acceptors (Lipinski definition) is 5. The number of amides is 1. The number of nitrogens with zero attached hydrogens (tertiary/aromatic N) is 2. The molecule has 0 aromatic heterocycles. The van der Waals surface area contributed by atoms with Crippen LogP contribution < -0.4 is 10.4 Å². The number of benzene rings is 3. The van der Waals surface area contributed by atoms with Crippen molar-refractivity contribution in [2.75, 3.05) is 25.2 Å². The van der Waals surface area contributed by atoms with E-state index in [9.17, 15) is 4.79 Å². The number of carbonyl (C=O) groups is 1. The van der Waals surface area contributed by atoms with Crippen molar-refractivity contribution in [2.45, 2.75) is 0 Å². The molecule has 0 atom stereocenters. The fourth-order valence-corrected chi connectivity index (χ4v) is 3.62. The van der Waals surface area contributed by atoms with Crippen LogP contribution in [0, 0.1) is 0 Å². The van der Waals surface area contributed by atoms with Crippen LogP contribution >= 0.6 is 0 Å². The Labute approximate surface area is 169 Å². The predicted molar refractivity (Wildman–Crippen MR) is 114 cm³/mol. The molecule has 3 aromatic rings. The highest BCUT2D eigenvalue weighted by Crippen LogP contribution is 2.41. The van der Waals surface area contributed by atoms with E-state index in [2.05, 4.69) is 4.90 Å². The van der Waals surface area contributed by atoms with Gasteiger partial charge in [0.1, 0.15) is 0 Å². The number of para-hydroxylation sites is 2. The molecule has 0 saturated heterocycles. The topological polar surface area (TPSA) is 74.2 Å². The first-order valence-electron chi connectivity index (χ1n) is 9.31. The first-order valence-corrected chi connectivity index (χ1v) is 9.31. The van der Waals surface area contributed by atoms with Gasteiger partial charge in [0.05, 0.1) is 23.7 Å². The number of methoxy groups -OCH3 is 1. The Hall–Kier alpha value is -3.48. The molecule has 29 heavy (non-hydrogen) atoms. The zero-order valence-electron chi connectivity index (χ0n) is 16.0. The Bertz CT molecular complexity index is 1080. The molecular formula is C23H21N3O3. The van der Waals surface area contributed by atoms with Crippen molar-refractivity contribution in [1.82, 2.24) is 5.48 Å². The SMILES string of the molecule is COCCN1c2ccccc2N=Cc2c(-c3ccccc3C(=O)NO)cccc21. The molecule has 6 heteroatoms. The van der Waals surface area contributed by atoms with Crippen LogP contribution in [-0.2, 0) is 4.74 Å². The molecule has 0 saturated carbocycles. The van der Waals surface area contributed by atoms with E-state index in [-0.39, 0.29) is 0 Å². The van der Waals surface area contributed by atoms with E-state index in [1.807, 2.05) is 60.8 Å². The van der Waals surface area contributed by atoms with Crippen LogP contribution in [0.25, 0.3) is 11.1 Å². The van der Waals surface area contributed by atoms with Gasteiger partial charge in [0.25, 0.3) is 5.91 Å². The second kappa shape index (κ2) is 8.26. The van der Waals surface area contributed by atoms with Crippen molar-refractivity contribution in [3.63, 3.8) is 0 Å². The summed E-state index contributed by atoms with van der Waals surface area (Å²) >= 11 is 0. The van der Waals surface area contributed by atoms with Gasteiger partial charge in [0.15, 0.2) is 0 Å². The molecule has 1 aliphatic rings. The summed E-state index contributed by atoms with van der Waals surface area (Å²) in [6.07, 6.45) is 1.84. The number of ether oxygens (including phenoxy) is 1. The molecule has 3 aromatic carbocycles. The molecule has 0 bridgehead atoms. The molecular weight excluding hydrogens is 366 g/mol. The van der Waals surface area contributed by atoms with Crippen LogP contribution in [0.4, 0.5) is 17.1 Å². The van der Waals surface area contributed by atoms with Gasteiger partial charge in [-0.05, 0) is 35.4 Å². The Morgan fingerprint density at radius 1 is 1.00 bits per heavy atom. The maximum Gasteiger partial charge on any atom is 0.275 e. The minimum atomic E-state index is -0.553. The molecule has 0 aliphatic carbocycles. The summed E-state index contributed by atoms with van der Waals surface area (Å²) in [4.78, 5) is 19.1. The number of rotatable bonds is 5. The Morgan fingerprint density at radius 2 is 1.72 bits per heavy atom. The Kier molecular flexibility index (Phi) is 5.37. The second-order valence-corrected chi connectivity index (χ2v) is 6.62. The molecule has 6 nitrogen and oxygen atoms in total. The number of aliphatic imine (C=N–C) groups is 1. The summed E-state index contributed by atoms with van der Waals surface area (Å²) in [5, 5.41) is 9.15. The lowest BCUT2D eigenvalue weighted by Gasteiger charge is -2.27. The summed E-state index contributed by atoms with van der Waals surface area (Å²) in [5.41, 5.74) is 7.46. The number of fused-ring (bicyclic) bond motifs is 2. The minimum absolute atomic E-state index is 0.391. The van der Waals surface area contributed by atoms with E-state index in [1.165, 1.54) is 0 Å². The van der Waals surface area contributed by atoms with Crippen LogP contribution in [0.1, 0.15) is 15.9 Å². The van der Waals surface area contributed by atoms with Crippen LogP contribution in [-0.4, -0.2) is 37.6 Å². The quantitative estimate of drug-likeness (QED) is 0.505. The summed E-state index contributed by atoms with van der Waals surface area (Å²) < 4.78 is 5.33. The summed E-state index contributed by atoms with van der Waals surface area (Å²) in [6, 6.07) is 21.1. The lowest BCUT2D eigenvalue weighted by atomic mass is 9.94. The standard InChI is InChI=1S/C23H21N3O3/c1-29-14-13-26-21-12-6-9-17(16-7-2-3-8-18(16)23(27)25-28)19(21)15-24-20-10-4-5-11-22(20)26/h2-12,15,28H,13-14H2,1H3,(H,25,27). The fraction of sp³-hybridized carbons (Fsp3) is 0.130. The third-order valence-corrected chi connectivity index (χ3v) is 4.96. The van der Waals surface area contributed by atoms with E-state index in [0.29, 0.717) is 18.7 Å². The smallest absolute Gasteiger partial charge is 0.275 e. The molecule has 0 radical (unpaired) electrons. The van der Waals surface area contributed by atoms with E-state index in [4.69, 9.17) is 14.9 Å². The number of carbonyl (C=O) groups excluding carboxylic acids is 1. The highest BCUT2D eigenvalue weighted by Gasteiger charge is 2.22. The molecule has 146 valence electrons. The molecule has 1 heterocycles. The highest BCUT2D eigenvalue weighted by atomic mass is 16.5. The lowest BCUT2D eigenvalue weighted by molar-refractivity contribution is 0.0707. The molecule has 4 rings (SSSR count). The van der Waals surface area contributed by atoms with Crippen molar-refractivity contribution in [2.24, 2.45) is 4.99 Å².